The first-order valence-electron chi connectivity index (χ1n) is 6.69. The van der Waals surface area contributed by atoms with Gasteiger partial charge in [0.05, 0.1) is 16.4 Å². The van der Waals surface area contributed by atoms with E-state index in [0.29, 0.717) is 18.1 Å². The monoisotopic (exact) mass is 305 g/mol. The second-order valence-corrected chi connectivity index (χ2v) is 6.79. The first-order valence-corrected chi connectivity index (χ1v) is 8.01. The van der Waals surface area contributed by atoms with Gasteiger partial charge in [0.25, 0.3) is 0 Å². The summed E-state index contributed by atoms with van der Waals surface area (Å²) in [5.41, 5.74) is 5.19. The number of hydrogen-bond acceptors (Lipinski definition) is 2. The summed E-state index contributed by atoms with van der Waals surface area (Å²) in [6.45, 7) is 0. The zero-order chi connectivity index (χ0) is 14.8. The molecule has 0 amide bonds. The summed E-state index contributed by atoms with van der Waals surface area (Å²) in [6, 6.07) is 4.91. The van der Waals surface area contributed by atoms with Crippen LogP contribution in [0.5, 0.6) is 0 Å². The van der Waals surface area contributed by atoms with Gasteiger partial charge in [-0.25, -0.2) is 0 Å². The minimum atomic E-state index is -4.39. The molecule has 3 unspecified atom stereocenters. The van der Waals surface area contributed by atoms with Crippen molar-refractivity contribution in [3.63, 3.8) is 0 Å². The van der Waals surface area contributed by atoms with Crippen LogP contribution in [0.4, 0.5) is 13.2 Å². The van der Waals surface area contributed by atoms with Crippen LogP contribution in [0.2, 0.25) is 0 Å². The lowest BCUT2D eigenvalue weighted by Gasteiger charge is -2.15. The number of rotatable bonds is 4. The van der Waals surface area contributed by atoms with Crippen LogP contribution in [-0.4, -0.2) is 16.0 Å². The number of nitrogens with two attached hydrogens (primary N) is 1. The number of benzene rings is 1. The molecule has 1 aromatic carbocycles. The normalized spacial score (nSPS) is 24.8. The molecule has 2 nitrogen and oxygen atoms in total. The summed E-state index contributed by atoms with van der Waals surface area (Å²) in [4.78, 5) is 0.242. The van der Waals surface area contributed by atoms with E-state index < -0.39 is 22.5 Å². The van der Waals surface area contributed by atoms with Gasteiger partial charge in [0, 0.05) is 16.7 Å². The van der Waals surface area contributed by atoms with Gasteiger partial charge >= 0.3 is 6.18 Å². The molecule has 2 rings (SSSR count). The fourth-order valence-corrected chi connectivity index (χ4v) is 3.86. The van der Waals surface area contributed by atoms with Gasteiger partial charge in [-0.1, -0.05) is 12.5 Å². The summed E-state index contributed by atoms with van der Waals surface area (Å²) >= 11 is 0. The maximum atomic E-state index is 12.6. The molecule has 1 aliphatic rings. The lowest BCUT2D eigenvalue weighted by atomic mass is 10.0. The predicted molar refractivity (Wildman–Crippen MR) is 72.7 cm³/mol. The Labute approximate surface area is 119 Å². The summed E-state index contributed by atoms with van der Waals surface area (Å²) in [6.07, 6.45) is -0.581. The molecule has 2 N–H and O–H groups in total. The largest absolute Gasteiger partial charge is 0.416 e. The van der Waals surface area contributed by atoms with Gasteiger partial charge in [0.1, 0.15) is 0 Å². The highest BCUT2D eigenvalue weighted by Crippen LogP contribution is 2.31. The lowest BCUT2D eigenvalue weighted by molar-refractivity contribution is -0.137. The van der Waals surface area contributed by atoms with Gasteiger partial charge in [-0.15, -0.1) is 0 Å². The summed E-state index contributed by atoms with van der Waals surface area (Å²) in [5.74, 6) is 0.726. The summed E-state index contributed by atoms with van der Waals surface area (Å²) in [7, 11) is -1.40. The molecule has 0 bridgehead atoms. The van der Waals surface area contributed by atoms with Crippen LogP contribution in [0.1, 0.15) is 31.2 Å². The van der Waals surface area contributed by atoms with E-state index in [1.54, 1.807) is 0 Å². The molecule has 0 spiro atoms. The van der Waals surface area contributed by atoms with Crippen LogP contribution in [0.15, 0.2) is 29.2 Å². The van der Waals surface area contributed by atoms with E-state index in [2.05, 4.69) is 0 Å². The van der Waals surface area contributed by atoms with Crippen LogP contribution in [-0.2, 0) is 17.0 Å². The first kappa shape index (κ1) is 15.5. The minimum Gasteiger partial charge on any atom is -0.327 e. The quantitative estimate of drug-likeness (QED) is 0.927. The van der Waals surface area contributed by atoms with Gasteiger partial charge in [0.2, 0.25) is 0 Å². The zero-order valence-electron chi connectivity index (χ0n) is 11.0. The van der Waals surface area contributed by atoms with Crippen molar-refractivity contribution < 1.29 is 17.4 Å². The topological polar surface area (TPSA) is 43.1 Å². The molecule has 0 saturated heterocycles. The molecular formula is C14H18F3NOS. The highest BCUT2D eigenvalue weighted by atomic mass is 32.2. The van der Waals surface area contributed by atoms with Crippen molar-refractivity contribution in [1.29, 1.82) is 0 Å². The molecule has 1 saturated carbocycles. The molecule has 112 valence electrons. The second-order valence-electron chi connectivity index (χ2n) is 5.22. The van der Waals surface area contributed by atoms with Gasteiger partial charge in [-0.3, -0.25) is 4.21 Å². The Hall–Kier alpha value is -0.880. The van der Waals surface area contributed by atoms with E-state index in [1.807, 2.05) is 0 Å². The molecule has 0 radical (unpaired) electrons. The number of halogens is 3. The Bertz CT molecular complexity index is 490. The minimum absolute atomic E-state index is 0.147. The smallest absolute Gasteiger partial charge is 0.327 e. The Morgan fingerprint density at radius 1 is 1.30 bits per heavy atom. The molecular weight excluding hydrogens is 287 g/mol. The standard InChI is InChI=1S/C14H18F3NOS/c15-14(16,17)11-4-2-5-12(9-11)20(19)8-7-10-3-1-6-13(10)18/h2,4-5,9-10,13H,1,3,6-8,18H2. The Balaban J connectivity index is 1.99. The third kappa shape index (κ3) is 3.82. The van der Waals surface area contributed by atoms with Crippen molar-refractivity contribution in [2.75, 3.05) is 5.75 Å². The van der Waals surface area contributed by atoms with Crippen molar-refractivity contribution in [3.05, 3.63) is 29.8 Å². The van der Waals surface area contributed by atoms with Crippen molar-refractivity contribution in [2.24, 2.45) is 11.7 Å². The average Bonchev–Trinajstić information content (AvgIpc) is 2.81. The van der Waals surface area contributed by atoms with E-state index in [1.165, 1.54) is 12.1 Å². The van der Waals surface area contributed by atoms with Crippen molar-refractivity contribution in [3.8, 4) is 0 Å². The Kier molecular flexibility index (Phi) is 4.86. The van der Waals surface area contributed by atoms with Crippen molar-refractivity contribution in [1.82, 2.24) is 0 Å². The Morgan fingerprint density at radius 2 is 2.05 bits per heavy atom. The highest BCUT2D eigenvalue weighted by molar-refractivity contribution is 7.85. The molecule has 1 aromatic rings. The van der Waals surface area contributed by atoms with Crippen molar-refractivity contribution in [2.45, 2.75) is 42.8 Å². The fraction of sp³-hybridized carbons (Fsp3) is 0.571. The third-order valence-corrected chi connectivity index (χ3v) is 5.20. The van der Waals surface area contributed by atoms with Crippen LogP contribution < -0.4 is 5.73 Å². The van der Waals surface area contributed by atoms with E-state index in [4.69, 9.17) is 5.73 Å². The molecule has 0 aromatic heterocycles. The van der Waals surface area contributed by atoms with Crippen LogP contribution in [0, 0.1) is 5.92 Å². The molecule has 1 fully saturated rings. The lowest BCUT2D eigenvalue weighted by Crippen LogP contribution is -2.25. The second kappa shape index (κ2) is 6.26. The van der Waals surface area contributed by atoms with Gasteiger partial charge in [0.15, 0.2) is 0 Å². The highest BCUT2D eigenvalue weighted by Gasteiger charge is 2.31. The first-order chi connectivity index (χ1) is 9.38. The molecule has 0 aliphatic heterocycles. The van der Waals surface area contributed by atoms with Crippen molar-refractivity contribution >= 4 is 10.8 Å². The molecule has 3 atom stereocenters. The molecule has 0 heterocycles. The van der Waals surface area contributed by atoms with Gasteiger partial charge in [-0.05, 0) is 43.4 Å². The van der Waals surface area contributed by atoms with E-state index in [9.17, 15) is 17.4 Å². The predicted octanol–water partition coefficient (Wildman–Crippen LogP) is 3.33. The number of alkyl halides is 3. The van der Waals surface area contributed by atoms with Crippen LogP contribution >= 0.6 is 0 Å². The average molecular weight is 305 g/mol. The van der Waals surface area contributed by atoms with E-state index >= 15 is 0 Å². The molecule has 1 aliphatic carbocycles. The SMILES string of the molecule is NC1CCCC1CCS(=O)c1cccc(C(F)(F)F)c1. The maximum absolute atomic E-state index is 12.6. The molecule has 20 heavy (non-hydrogen) atoms. The third-order valence-electron chi connectivity index (χ3n) is 3.82. The van der Waals surface area contributed by atoms with E-state index in [0.717, 1.165) is 31.4 Å². The summed E-state index contributed by atoms with van der Waals surface area (Å²) < 4.78 is 49.9. The van der Waals surface area contributed by atoms with Gasteiger partial charge < -0.3 is 5.73 Å². The fourth-order valence-electron chi connectivity index (χ4n) is 2.61. The van der Waals surface area contributed by atoms with Crippen LogP contribution in [0.25, 0.3) is 0 Å². The van der Waals surface area contributed by atoms with E-state index in [-0.39, 0.29) is 10.9 Å². The molecule has 6 heteroatoms. The Morgan fingerprint density at radius 3 is 2.65 bits per heavy atom. The maximum Gasteiger partial charge on any atom is 0.416 e. The summed E-state index contributed by atoms with van der Waals surface area (Å²) in [5, 5.41) is 0. The number of hydrogen-bond donors (Lipinski definition) is 1. The van der Waals surface area contributed by atoms with Crippen LogP contribution in [0.3, 0.4) is 0 Å². The zero-order valence-corrected chi connectivity index (χ0v) is 11.8. The van der Waals surface area contributed by atoms with Gasteiger partial charge in [-0.2, -0.15) is 13.2 Å².